The Bertz CT molecular complexity index is 44.0. The third-order valence-electron chi connectivity index (χ3n) is 0.353. The summed E-state index contributed by atoms with van der Waals surface area (Å²) in [6.45, 7) is 5.75. The fourth-order valence-corrected chi connectivity index (χ4v) is 0. The molecule has 0 aromatic carbocycles. The number of rotatable bonds is 0. The standard InChI is InChI=1S/C3H8N2.C2H6/c1-3(4)5-2;1-2/h1-2H3,(H2,4,5);1-2H3. The second-order valence-corrected chi connectivity index (χ2v) is 0.865. The van der Waals surface area contributed by atoms with Crippen molar-refractivity contribution in [3.05, 3.63) is 0 Å². The Morgan fingerprint density at radius 1 is 1.43 bits per heavy atom. The summed E-state index contributed by atoms with van der Waals surface area (Å²) < 4.78 is 0. The zero-order valence-electron chi connectivity index (χ0n) is 5.52. The lowest BCUT2D eigenvalue weighted by atomic mass is 10.7. The third-order valence-corrected chi connectivity index (χ3v) is 0.353. The van der Waals surface area contributed by atoms with Crippen LogP contribution < -0.4 is 5.73 Å². The summed E-state index contributed by atoms with van der Waals surface area (Å²) in [5.74, 6) is 0.630. The van der Waals surface area contributed by atoms with Gasteiger partial charge in [0.25, 0.3) is 0 Å². The maximum atomic E-state index is 5.04. The second-order valence-electron chi connectivity index (χ2n) is 0.865. The van der Waals surface area contributed by atoms with Crippen molar-refractivity contribution in [1.82, 2.24) is 0 Å². The summed E-state index contributed by atoms with van der Waals surface area (Å²) in [6.07, 6.45) is 0. The molecule has 0 aromatic rings. The summed E-state index contributed by atoms with van der Waals surface area (Å²) in [6, 6.07) is 0. The molecule has 0 heterocycles. The molecule has 2 nitrogen and oxygen atoms in total. The van der Waals surface area contributed by atoms with Crippen molar-refractivity contribution in [3.8, 4) is 0 Å². The number of hydrogen-bond donors (Lipinski definition) is 1. The first-order chi connectivity index (χ1) is 3.27. The largest absolute Gasteiger partial charge is 0.388 e. The Labute approximate surface area is 45.4 Å². The molecular weight excluding hydrogens is 88.1 g/mol. The van der Waals surface area contributed by atoms with Crippen molar-refractivity contribution < 1.29 is 0 Å². The van der Waals surface area contributed by atoms with Crippen molar-refractivity contribution >= 4 is 5.84 Å². The first kappa shape index (κ1) is 9.69. The van der Waals surface area contributed by atoms with Crippen molar-refractivity contribution in [1.29, 1.82) is 0 Å². The molecule has 0 saturated heterocycles. The van der Waals surface area contributed by atoms with Gasteiger partial charge in [-0.05, 0) is 6.92 Å². The van der Waals surface area contributed by atoms with Gasteiger partial charge in [-0.1, -0.05) is 13.8 Å². The van der Waals surface area contributed by atoms with E-state index in [0.29, 0.717) is 5.84 Å². The zero-order valence-corrected chi connectivity index (χ0v) is 5.52. The lowest BCUT2D eigenvalue weighted by Crippen LogP contribution is -2.03. The third kappa shape index (κ3) is 30.5. The molecule has 0 aliphatic heterocycles. The van der Waals surface area contributed by atoms with Crippen LogP contribution in [0, 0.1) is 0 Å². The average molecular weight is 102 g/mol. The van der Waals surface area contributed by atoms with Gasteiger partial charge in [0.2, 0.25) is 0 Å². The van der Waals surface area contributed by atoms with Crippen LogP contribution in [0.4, 0.5) is 0 Å². The molecule has 2 N–H and O–H groups in total. The molecule has 0 amide bonds. The normalized spacial score (nSPS) is 9.43. The molecule has 0 aliphatic carbocycles. The molecule has 0 atom stereocenters. The Kier molecular flexibility index (Phi) is 12.6. The van der Waals surface area contributed by atoms with Gasteiger partial charge in [-0.25, -0.2) is 0 Å². The van der Waals surface area contributed by atoms with Crippen LogP contribution in [0.3, 0.4) is 0 Å². The fraction of sp³-hybridized carbons (Fsp3) is 0.800. The van der Waals surface area contributed by atoms with E-state index in [1.54, 1.807) is 14.0 Å². The van der Waals surface area contributed by atoms with Crippen LogP contribution in [0.1, 0.15) is 20.8 Å². The molecule has 0 rings (SSSR count). The van der Waals surface area contributed by atoms with Crippen LogP contribution in [-0.4, -0.2) is 12.9 Å². The molecule has 7 heavy (non-hydrogen) atoms. The van der Waals surface area contributed by atoms with E-state index in [1.807, 2.05) is 13.8 Å². The molecule has 0 aromatic heterocycles. The fourth-order valence-electron chi connectivity index (χ4n) is 0. The number of aliphatic imine (C=N–C) groups is 1. The second kappa shape index (κ2) is 9.08. The van der Waals surface area contributed by atoms with Crippen LogP contribution in [0.5, 0.6) is 0 Å². The number of hydrogen-bond acceptors (Lipinski definition) is 1. The van der Waals surface area contributed by atoms with Crippen LogP contribution in [-0.2, 0) is 0 Å². The summed E-state index contributed by atoms with van der Waals surface area (Å²) >= 11 is 0. The lowest BCUT2D eigenvalue weighted by Gasteiger charge is -1.76. The topological polar surface area (TPSA) is 38.4 Å². The van der Waals surface area contributed by atoms with Crippen LogP contribution >= 0.6 is 0 Å². The predicted molar refractivity (Wildman–Crippen MR) is 34.6 cm³/mol. The highest BCUT2D eigenvalue weighted by molar-refractivity contribution is 5.77. The maximum absolute atomic E-state index is 5.04. The van der Waals surface area contributed by atoms with E-state index in [0.717, 1.165) is 0 Å². The minimum absolute atomic E-state index is 0.630. The van der Waals surface area contributed by atoms with Crippen LogP contribution in [0.25, 0.3) is 0 Å². The van der Waals surface area contributed by atoms with Crippen molar-refractivity contribution in [3.63, 3.8) is 0 Å². The minimum Gasteiger partial charge on any atom is -0.388 e. The Hall–Kier alpha value is -0.530. The maximum Gasteiger partial charge on any atom is 0.0902 e. The molecule has 0 bridgehead atoms. The molecule has 2 heteroatoms. The van der Waals surface area contributed by atoms with E-state index in [9.17, 15) is 0 Å². The predicted octanol–water partition coefficient (Wildman–Crippen LogP) is 1.02. The molecule has 0 radical (unpaired) electrons. The zero-order chi connectivity index (χ0) is 6.28. The van der Waals surface area contributed by atoms with Gasteiger partial charge in [-0.3, -0.25) is 4.99 Å². The molecule has 0 spiro atoms. The molecule has 0 fully saturated rings. The SMILES string of the molecule is CC.CN=C(C)N. The van der Waals surface area contributed by atoms with E-state index in [2.05, 4.69) is 4.99 Å². The van der Waals surface area contributed by atoms with Crippen molar-refractivity contribution in [2.75, 3.05) is 7.05 Å². The number of nitrogens with zero attached hydrogens (tertiary/aromatic N) is 1. The number of nitrogens with two attached hydrogens (primary N) is 1. The van der Waals surface area contributed by atoms with Crippen molar-refractivity contribution in [2.24, 2.45) is 10.7 Å². The van der Waals surface area contributed by atoms with Crippen LogP contribution in [0.15, 0.2) is 4.99 Å². The Morgan fingerprint density at radius 2 is 1.57 bits per heavy atom. The minimum atomic E-state index is 0.630. The van der Waals surface area contributed by atoms with Gasteiger partial charge in [-0.2, -0.15) is 0 Å². The van der Waals surface area contributed by atoms with Gasteiger partial charge in [0.05, 0.1) is 5.84 Å². The molecular formula is C5H14N2. The van der Waals surface area contributed by atoms with Gasteiger partial charge in [0.1, 0.15) is 0 Å². The monoisotopic (exact) mass is 102 g/mol. The van der Waals surface area contributed by atoms with Gasteiger partial charge in [0, 0.05) is 7.05 Å². The lowest BCUT2D eigenvalue weighted by molar-refractivity contribution is 1.38. The average Bonchev–Trinajstić information content (AvgIpc) is 1.73. The molecule has 0 saturated carbocycles. The highest BCUT2D eigenvalue weighted by Gasteiger charge is 1.61. The molecule has 0 aliphatic rings. The van der Waals surface area contributed by atoms with E-state index in [4.69, 9.17) is 5.73 Å². The summed E-state index contributed by atoms with van der Waals surface area (Å²) in [5, 5.41) is 0. The van der Waals surface area contributed by atoms with Gasteiger partial charge >= 0.3 is 0 Å². The summed E-state index contributed by atoms with van der Waals surface area (Å²) in [4.78, 5) is 3.58. The highest BCUT2D eigenvalue weighted by atomic mass is 14.8. The van der Waals surface area contributed by atoms with Crippen molar-refractivity contribution in [2.45, 2.75) is 20.8 Å². The molecule has 44 valence electrons. The van der Waals surface area contributed by atoms with Gasteiger partial charge < -0.3 is 5.73 Å². The quantitative estimate of drug-likeness (QED) is 0.360. The Morgan fingerprint density at radius 3 is 1.57 bits per heavy atom. The van der Waals surface area contributed by atoms with E-state index in [1.165, 1.54) is 0 Å². The van der Waals surface area contributed by atoms with Crippen LogP contribution in [0.2, 0.25) is 0 Å². The summed E-state index contributed by atoms with van der Waals surface area (Å²) in [5.41, 5.74) is 5.04. The molecule has 0 unspecified atom stereocenters. The first-order valence-electron chi connectivity index (χ1n) is 2.46. The van der Waals surface area contributed by atoms with E-state index >= 15 is 0 Å². The smallest absolute Gasteiger partial charge is 0.0902 e. The Balaban J connectivity index is 0. The summed E-state index contributed by atoms with van der Waals surface area (Å²) in [7, 11) is 1.66. The first-order valence-corrected chi connectivity index (χ1v) is 2.46. The number of amidine groups is 1. The van der Waals surface area contributed by atoms with Gasteiger partial charge in [0.15, 0.2) is 0 Å². The van der Waals surface area contributed by atoms with E-state index < -0.39 is 0 Å². The van der Waals surface area contributed by atoms with E-state index in [-0.39, 0.29) is 0 Å². The van der Waals surface area contributed by atoms with Gasteiger partial charge in [-0.15, -0.1) is 0 Å². The highest BCUT2D eigenvalue weighted by Crippen LogP contribution is 1.52.